The molecule has 100 valence electrons. The van der Waals surface area contributed by atoms with Crippen LogP contribution < -0.4 is 5.32 Å². The second-order valence-corrected chi connectivity index (χ2v) is 4.83. The summed E-state index contributed by atoms with van der Waals surface area (Å²) in [5.41, 5.74) is 3.07. The third-order valence-corrected chi connectivity index (χ3v) is 3.21. The van der Waals surface area contributed by atoms with Crippen LogP contribution in [-0.4, -0.2) is 22.5 Å². The maximum atomic E-state index is 11.5. The molecule has 0 aliphatic heterocycles. The Bertz CT molecular complexity index is 595. The molecular formula is C13H15N3O2S. The zero-order chi connectivity index (χ0) is 13.8. The normalized spacial score (nSPS) is 10.3. The standard InChI is InChI=1S/C13H15N3O2S/c1-4-18-12(17)11-7-19-13(16-11)15-10-6-5-8(2)14-9(10)3/h5-7H,4H2,1-3H3,(H,15,16). The number of ether oxygens (including phenoxy) is 1. The van der Waals surface area contributed by atoms with Crippen molar-refractivity contribution >= 4 is 28.1 Å². The van der Waals surface area contributed by atoms with Crippen molar-refractivity contribution < 1.29 is 9.53 Å². The molecule has 0 radical (unpaired) electrons. The topological polar surface area (TPSA) is 64.1 Å². The first-order valence-corrected chi connectivity index (χ1v) is 6.82. The van der Waals surface area contributed by atoms with Crippen LogP contribution in [0.15, 0.2) is 17.5 Å². The molecule has 0 aliphatic carbocycles. The summed E-state index contributed by atoms with van der Waals surface area (Å²) in [4.78, 5) is 20.1. The number of nitrogens with zero attached hydrogens (tertiary/aromatic N) is 2. The van der Waals surface area contributed by atoms with Gasteiger partial charge in [-0.15, -0.1) is 11.3 Å². The monoisotopic (exact) mass is 277 g/mol. The van der Waals surface area contributed by atoms with Gasteiger partial charge in [0.15, 0.2) is 10.8 Å². The summed E-state index contributed by atoms with van der Waals surface area (Å²) in [7, 11) is 0. The van der Waals surface area contributed by atoms with E-state index in [0.29, 0.717) is 17.4 Å². The Hall–Kier alpha value is -1.95. The first kappa shape index (κ1) is 13.5. The Labute approximate surface area is 115 Å². The fraction of sp³-hybridized carbons (Fsp3) is 0.308. The molecule has 2 heterocycles. The average molecular weight is 277 g/mol. The molecule has 0 aromatic carbocycles. The van der Waals surface area contributed by atoms with E-state index in [0.717, 1.165) is 17.1 Å². The minimum atomic E-state index is -0.398. The summed E-state index contributed by atoms with van der Waals surface area (Å²) >= 11 is 1.36. The fourth-order valence-electron chi connectivity index (χ4n) is 1.56. The quantitative estimate of drug-likeness (QED) is 0.870. The summed E-state index contributed by atoms with van der Waals surface area (Å²) in [5.74, 6) is -0.398. The van der Waals surface area contributed by atoms with Crippen molar-refractivity contribution in [2.45, 2.75) is 20.8 Å². The molecule has 6 heteroatoms. The zero-order valence-electron chi connectivity index (χ0n) is 11.1. The number of rotatable bonds is 4. The number of anilines is 2. The van der Waals surface area contributed by atoms with Crippen molar-refractivity contribution in [3.8, 4) is 0 Å². The Balaban J connectivity index is 2.13. The first-order chi connectivity index (χ1) is 9.10. The highest BCUT2D eigenvalue weighted by atomic mass is 32.1. The maximum absolute atomic E-state index is 11.5. The summed E-state index contributed by atoms with van der Waals surface area (Å²) in [6, 6.07) is 3.87. The fourth-order valence-corrected chi connectivity index (χ4v) is 2.26. The van der Waals surface area contributed by atoms with E-state index in [1.54, 1.807) is 12.3 Å². The minimum absolute atomic E-state index is 0.326. The Morgan fingerprint density at radius 3 is 2.84 bits per heavy atom. The molecule has 0 unspecified atom stereocenters. The lowest BCUT2D eigenvalue weighted by Crippen LogP contribution is -2.05. The van der Waals surface area contributed by atoms with E-state index in [4.69, 9.17) is 4.74 Å². The van der Waals surface area contributed by atoms with Gasteiger partial charge in [0.1, 0.15) is 0 Å². The van der Waals surface area contributed by atoms with Gasteiger partial charge in [-0.05, 0) is 32.9 Å². The van der Waals surface area contributed by atoms with Crippen LogP contribution in [0.3, 0.4) is 0 Å². The van der Waals surface area contributed by atoms with Crippen molar-refractivity contribution in [2.75, 3.05) is 11.9 Å². The lowest BCUT2D eigenvalue weighted by molar-refractivity contribution is 0.0520. The number of aromatic nitrogens is 2. The third-order valence-electron chi connectivity index (χ3n) is 2.46. The van der Waals surface area contributed by atoms with E-state index in [1.807, 2.05) is 26.0 Å². The van der Waals surface area contributed by atoms with Gasteiger partial charge in [-0.1, -0.05) is 0 Å². The number of esters is 1. The van der Waals surface area contributed by atoms with E-state index in [2.05, 4.69) is 15.3 Å². The van der Waals surface area contributed by atoms with Crippen LogP contribution in [0.4, 0.5) is 10.8 Å². The second kappa shape index (κ2) is 5.79. The molecule has 0 saturated heterocycles. The van der Waals surface area contributed by atoms with E-state index in [-0.39, 0.29) is 0 Å². The highest BCUT2D eigenvalue weighted by Crippen LogP contribution is 2.23. The summed E-state index contributed by atoms with van der Waals surface area (Å²) in [5, 5.41) is 5.48. The predicted molar refractivity (Wildman–Crippen MR) is 75.1 cm³/mol. The first-order valence-electron chi connectivity index (χ1n) is 5.94. The molecular weight excluding hydrogens is 262 g/mol. The van der Waals surface area contributed by atoms with Crippen molar-refractivity contribution in [2.24, 2.45) is 0 Å². The number of thiazole rings is 1. The Kier molecular flexibility index (Phi) is 4.11. The van der Waals surface area contributed by atoms with Crippen LogP contribution in [0.5, 0.6) is 0 Å². The van der Waals surface area contributed by atoms with Crippen molar-refractivity contribution in [3.63, 3.8) is 0 Å². The molecule has 0 amide bonds. The van der Waals surface area contributed by atoms with E-state index < -0.39 is 5.97 Å². The van der Waals surface area contributed by atoms with Crippen molar-refractivity contribution in [1.82, 2.24) is 9.97 Å². The molecule has 5 nitrogen and oxygen atoms in total. The minimum Gasteiger partial charge on any atom is -0.461 e. The molecule has 1 N–H and O–H groups in total. The molecule has 2 rings (SSSR count). The molecule has 2 aromatic rings. The van der Waals surface area contributed by atoms with E-state index in [9.17, 15) is 4.79 Å². The number of hydrogen-bond donors (Lipinski definition) is 1. The molecule has 0 aliphatic rings. The molecule has 19 heavy (non-hydrogen) atoms. The van der Waals surface area contributed by atoms with Gasteiger partial charge in [-0.2, -0.15) is 0 Å². The van der Waals surface area contributed by atoms with E-state index in [1.165, 1.54) is 11.3 Å². The van der Waals surface area contributed by atoms with Crippen molar-refractivity contribution in [3.05, 3.63) is 34.6 Å². The van der Waals surface area contributed by atoms with Gasteiger partial charge >= 0.3 is 5.97 Å². The number of carbonyl (C=O) groups excluding carboxylic acids is 1. The van der Waals surface area contributed by atoms with Crippen LogP contribution in [0, 0.1) is 13.8 Å². The Morgan fingerprint density at radius 2 is 2.16 bits per heavy atom. The second-order valence-electron chi connectivity index (χ2n) is 3.97. The SMILES string of the molecule is CCOC(=O)c1csc(Nc2ccc(C)nc2C)n1. The van der Waals surface area contributed by atoms with E-state index >= 15 is 0 Å². The molecule has 2 aromatic heterocycles. The lowest BCUT2D eigenvalue weighted by atomic mass is 10.3. The lowest BCUT2D eigenvalue weighted by Gasteiger charge is -2.06. The van der Waals surface area contributed by atoms with Crippen molar-refractivity contribution in [1.29, 1.82) is 0 Å². The van der Waals surface area contributed by atoms with Gasteiger partial charge < -0.3 is 10.1 Å². The van der Waals surface area contributed by atoms with Crippen LogP contribution in [0.2, 0.25) is 0 Å². The van der Waals surface area contributed by atoms with Gasteiger partial charge in [-0.3, -0.25) is 4.98 Å². The largest absolute Gasteiger partial charge is 0.461 e. The highest BCUT2D eigenvalue weighted by Gasteiger charge is 2.12. The van der Waals surface area contributed by atoms with Gasteiger partial charge in [0.2, 0.25) is 0 Å². The van der Waals surface area contributed by atoms with Crippen LogP contribution in [0.25, 0.3) is 0 Å². The smallest absolute Gasteiger partial charge is 0.357 e. The Morgan fingerprint density at radius 1 is 1.37 bits per heavy atom. The number of carbonyl (C=O) groups is 1. The number of aryl methyl sites for hydroxylation is 2. The summed E-state index contributed by atoms with van der Waals surface area (Å²) in [6.45, 7) is 5.99. The molecule has 0 atom stereocenters. The maximum Gasteiger partial charge on any atom is 0.357 e. The van der Waals surface area contributed by atoms with Gasteiger partial charge in [0.25, 0.3) is 0 Å². The number of nitrogens with one attached hydrogen (secondary N) is 1. The van der Waals surface area contributed by atoms with Crippen LogP contribution >= 0.6 is 11.3 Å². The van der Waals surface area contributed by atoms with Gasteiger partial charge in [0.05, 0.1) is 18.0 Å². The molecule has 0 saturated carbocycles. The predicted octanol–water partition coefficient (Wildman–Crippen LogP) is 3.08. The summed E-state index contributed by atoms with van der Waals surface area (Å²) < 4.78 is 4.90. The number of pyridine rings is 1. The molecule has 0 fully saturated rings. The average Bonchev–Trinajstić information content (AvgIpc) is 2.82. The number of hydrogen-bond acceptors (Lipinski definition) is 6. The van der Waals surface area contributed by atoms with Gasteiger partial charge in [0, 0.05) is 11.1 Å². The summed E-state index contributed by atoms with van der Waals surface area (Å²) in [6.07, 6.45) is 0. The zero-order valence-corrected chi connectivity index (χ0v) is 11.9. The van der Waals surface area contributed by atoms with Gasteiger partial charge in [-0.25, -0.2) is 9.78 Å². The van der Waals surface area contributed by atoms with Crippen LogP contribution in [0.1, 0.15) is 28.8 Å². The highest BCUT2D eigenvalue weighted by molar-refractivity contribution is 7.14. The molecule has 0 bridgehead atoms. The third kappa shape index (κ3) is 3.29. The van der Waals surface area contributed by atoms with Crippen LogP contribution in [-0.2, 0) is 4.74 Å². The molecule has 0 spiro atoms.